The zero-order valence-electron chi connectivity index (χ0n) is 11.2. The van der Waals surface area contributed by atoms with Gasteiger partial charge in [-0.3, -0.25) is 4.57 Å². The molecule has 0 atom stereocenters. The van der Waals surface area contributed by atoms with E-state index in [2.05, 4.69) is 10.2 Å². The minimum Gasteiger partial charge on any atom is -0.297 e. The third-order valence-electron chi connectivity index (χ3n) is 2.65. The highest BCUT2D eigenvalue weighted by molar-refractivity contribution is 8.13. The van der Waals surface area contributed by atoms with Gasteiger partial charge in [-0.2, -0.15) is 0 Å². The van der Waals surface area contributed by atoms with Crippen LogP contribution in [0, 0.1) is 5.92 Å². The van der Waals surface area contributed by atoms with Gasteiger partial charge in [-0.1, -0.05) is 37.0 Å². The summed E-state index contributed by atoms with van der Waals surface area (Å²) < 4.78 is 24.7. The van der Waals surface area contributed by atoms with Crippen LogP contribution in [0.3, 0.4) is 0 Å². The van der Waals surface area contributed by atoms with Crippen LogP contribution in [0.5, 0.6) is 0 Å². The number of hydrogen-bond donors (Lipinski definition) is 0. The molecular formula is C12H12Cl3N3O2S. The van der Waals surface area contributed by atoms with Crippen molar-refractivity contribution < 1.29 is 8.42 Å². The summed E-state index contributed by atoms with van der Waals surface area (Å²) in [6, 6.07) is 4.85. The first kappa shape index (κ1) is 16.5. The predicted octanol–water partition coefficient (Wildman–Crippen LogP) is 3.84. The van der Waals surface area contributed by atoms with E-state index in [1.165, 1.54) is 4.57 Å². The standard InChI is InChI=1S/C12H12Cl3N3O2S/c1-7(2)6-18-11(16-17-12(18)21(15,19)20)9-5-8(13)3-4-10(9)14/h3-5,7H,6H2,1-2H3. The molecule has 21 heavy (non-hydrogen) atoms. The Bertz CT molecular complexity index is 772. The lowest BCUT2D eigenvalue weighted by Gasteiger charge is -2.12. The second-order valence-corrected chi connectivity index (χ2v) is 8.18. The van der Waals surface area contributed by atoms with E-state index < -0.39 is 9.05 Å². The Labute approximate surface area is 137 Å². The van der Waals surface area contributed by atoms with E-state index in [1.807, 2.05) is 13.8 Å². The highest BCUT2D eigenvalue weighted by Gasteiger charge is 2.24. The molecule has 1 heterocycles. The second-order valence-electron chi connectivity index (χ2n) is 4.87. The summed E-state index contributed by atoms with van der Waals surface area (Å²) in [5.74, 6) is 0.477. The molecule has 2 aromatic rings. The predicted molar refractivity (Wildman–Crippen MR) is 83.4 cm³/mol. The van der Waals surface area contributed by atoms with Crippen molar-refractivity contribution >= 4 is 42.9 Å². The molecule has 0 aliphatic heterocycles. The van der Waals surface area contributed by atoms with Crippen LogP contribution in [0.25, 0.3) is 11.4 Å². The first-order valence-electron chi connectivity index (χ1n) is 6.03. The van der Waals surface area contributed by atoms with Crippen molar-refractivity contribution in [3.8, 4) is 11.4 Å². The molecular weight excluding hydrogens is 357 g/mol. The lowest BCUT2D eigenvalue weighted by Crippen LogP contribution is -2.12. The molecule has 0 aliphatic carbocycles. The zero-order valence-corrected chi connectivity index (χ0v) is 14.3. The first-order chi connectivity index (χ1) is 9.70. The van der Waals surface area contributed by atoms with Crippen LogP contribution in [-0.2, 0) is 15.6 Å². The molecule has 0 unspecified atom stereocenters. The van der Waals surface area contributed by atoms with Gasteiger partial charge in [0.1, 0.15) is 0 Å². The first-order valence-corrected chi connectivity index (χ1v) is 9.10. The number of rotatable bonds is 4. The number of nitrogens with zero attached hydrogens (tertiary/aromatic N) is 3. The highest BCUT2D eigenvalue weighted by Crippen LogP contribution is 2.31. The minimum absolute atomic E-state index is 0.162. The average molecular weight is 369 g/mol. The van der Waals surface area contributed by atoms with Crippen LogP contribution in [0.15, 0.2) is 23.4 Å². The fourth-order valence-corrected chi connectivity index (χ4v) is 3.15. The van der Waals surface area contributed by atoms with Crippen LogP contribution >= 0.6 is 33.9 Å². The molecule has 0 saturated heterocycles. The van der Waals surface area contributed by atoms with Gasteiger partial charge in [-0.05, 0) is 24.1 Å². The van der Waals surface area contributed by atoms with E-state index in [0.717, 1.165) is 0 Å². The second kappa shape index (κ2) is 6.12. The molecule has 0 fully saturated rings. The molecule has 1 aromatic carbocycles. The molecule has 0 saturated carbocycles. The van der Waals surface area contributed by atoms with E-state index in [4.69, 9.17) is 33.9 Å². The van der Waals surface area contributed by atoms with Gasteiger partial charge >= 0.3 is 0 Å². The summed E-state index contributed by atoms with van der Waals surface area (Å²) in [4.78, 5) is 0. The Morgan fingerprint density at radius 1 is 1.24 bits per heavy atom. The lowest BCUT2D eigenvalue weighted by molar-refractivity contribution is 0.488. The third-order valence-corrected chi connectivity index (χ3v) is 4.37. The highest BCUT2D eigenvalue weighted by atomic mass is 35.7. The Hall–Kier alpha value is -0.820. The molecule has 0 N–H and O–H groups in total. The largest absolute Gasteiger partial charge is 0.297 e. The smallest absolute Gasteiger partial charge is 0.296 e. The van der Waals surface area contributed by atoms with Gasteiger partial charge in [0.15, 0.2) is 5.82 Å². The quantitative estimate of drug-likeness (QED) is 0.769. The van der Waals surface area contributed by atoms with Gasteiger partial charge in [0.25, 0.3) is 14.2 Å². The van der Waals surface area contributed by atoms with Crippen LogP contribution in [-0.4, -0.2) is 23.2 Å². The SMILES string of the molecule is CC(C)Cn1c(-c2cc(Cl)ccc2Cl)nnc1S(=O)(=O)Cl. The van der Waals surface area contributed by atoms with Crippen LogP contribution in [0.4, 0.5) is 0 Å². The summed E-state index contributed by atoms with van der Waals surface area (Å²) in [5, 5.41) is 8.15. The van der Waals surface area contributed by atoms with Crippen molar-refractivity contribution in [2.75, 3.05) is 0 Å². The van der Waals surface area contributed by atoms with Crippen molar-refractivity contribution in [3.05, 3.63) is 28.2 Å². The maximum absolute atomic E-state index is 11.6. The molecule has 0 amide bonds. The van der Waals surface area contributed by atoms with E-state index in [-0.39, 0.29) is 11.1 Å². The van der Waals surface area contributed by atoms with E-state index >= 15 is 0 Å². The van der Waals surface area contributed by atoms with Crippen molar-refractivity contribution in [3.63, 3.8) is 0 Å². The van der Waals surface area contributed by atoms with Gasteiger partial charge in [0.05, 0.1) is 5.02 Å². The summed E-state index contributed by atoms with van der Waals surface area (Å²) in [6.07, 6.45) is 0. The van der Waals surface area contributed by atoms with E-state index in [0.29, 0.717) is 28.0 Å². The Balaban J connectivity index is 2.69. The van der Waals surface area contributed by atoms with E-state index in [1.54, 1.807) is 18.2 Å². The fraction of sp³-hybridized carbons (Fsp3) is 0.333. The van der Waals surface area contributed by atoms with Crippen molar-refractivity contribution in [1.82, 2.24) is 14.8 Å². The number of hydrogen-bond acceptors (Lipinski definition) is 4. The monoisotopic (exact) mass is 367 g/mol. The topological polar surface area (TPSA) is 64.8 Å². The van der Waals surface area contributed by atoms with Crippen molar-refractivity contribution in [2.45, 2.75) is 25.5 Å². The fourth-order valence-electron chi connectivity index (χ4n) is 1.87. The van der Waals surface area contributed by atoms with Crippen LogP contribution in [0.1, 0.15) is 13.8 Å². The summed E-state index contributed by atoms with van der Waals surface area (Å²) in [6.45, 7) is 4.26. The average Bonchev–Trinajstić information content (AvgIpc) is 2.74. The third kappa shape index (κ3) is 3.69. The number of benzene rings is 1. The molecule has 114 valence electrons. The van der Waals surface area contributed by atoms with Crippen LogP contribution in [0.2, 0.25) is 10.0 Å². The van der Waals surface area contributed by atoms with Crippen LogP contribution < -0.4 is 0 Å². The summed E-state index contributed by atoms with van der Waals surface area (Å²) >= 11 is 12.1. The molecule has 0 radical (unpaired) electrons. The summed E-state index contributed by atoms with van der Waals surface area (Å²) in [5.41, 5.74) is 0.504. The Morgan fingerprint density at radius 2 is 1.90 bits per heavy atom. The lowest BCUT2D eigenvalue weighted by atomic mass is 10.2. The summed E-state index contributed by atoms with van der Waals surface area (Å²) in [7, 11) is 1.41. The normalized spacial score (nSPS) is 12.1. The van der Waals surface area contributed by atoms with Gasteiger partial charge in [-0.15, -0.1) is 10.2 Å². The molecule has 0 bridgehead atoms. The zero-order chi connectivity index (χ0) is 15.8. The molecule has 0 aliphatic rings. The minimum atomic E-state index is -4.00. The van der Waals surface area contributed by atoms with Crippen molar-refractivity contribution in [1.29, 1.82) is 0 Å². The maximum atomic E-state index is 11.6. The van der Waals surface area contributed by atoms with Crippen molar-refractivity contribution in [2.24, 2.45) is 5.92 Å². The molecule has 1 aromatic heterocycles. The Morgan fingerprint density at radius 3 is 2.48 bits per heavy atom. The number of halogens is 3. The molecule has 9 heteroatoms. The maximum Gasteiger partial charge on any atom is 0.296 e. The van der Waals surface area contributed by atoms with Gasteiger partial charge in [-0.25, -0.2) is 8.42 Å². The number of aromatic nitrogens is 3. The van der Waals surface area contributed by atoms with Gasteiger partial charge < -0.3 is 0 Å². The molecule has 0 spiro atoms. The van der Waals surface area contributed by atoms with E-state index in [9.17, 15) is 8.42 Å². The van der Waals surface area contributed by atoms with Gasteiger partial charge in [0, 0.05) is 27.8 Å². The Kier molecular flexibility index (Phi) is 4.82. The molecule has 5 nitrogen and oxygen atoms in total. The molecule has 2 rings (SSSR count). The van der Waals surface area contributed by atoms with Gasteiger partial charge in [0.2, 0.25) is 0 Å².